The fourth-order valence-corrected chi connectivity index (χ4v) is 0.636. The van der Waals surface area contributed by atoms with E-state index >= 15 is 0 Å². The second-order valence-corrected chi connectivity index (χ2v) is 1.77. The van der Waals surface area contributed by atoms with Gasteiger partial charge in [-0.15, -0.1) is 0 Å². The van der Waals surface area contributed by atoms with Crippen LogP contribution in [0.3, 0.4) is 0 Å². The van der Waals surface area contributed by atoms with Gasteiger partial charge in [-0.05, 0) is 23.8 Å². The van der Waals surface area contributed by atoms with E-state index in [1.54, 1.807) is 7.11 Å². The molecule has 1 aromatic carbocycles. The Balaban J connectivity index is 2.61. The first kappa shape index (κ1) is 6.12. The zero-order chi connectivity index (χ0) is 6.53. The van der Waals surface area contributed by atoms with Gasteiger partial charge in [-0.1, -0.05) is 12.1 Å². The fourth-order valence-electron chi connectivity index (χ4n) is 0.636. The molecule has 9 heavy (non-hydrogen) atoms. The fraction of sp³-hybridized carbons (Fsp3) is 0.250. The summed E-state index contributed by atoms with van der Waals surface area (Å²) in [6.07, 6.45) is 0. The minimum atomic E-state index is 0.658. The smallest absolute Gasteiger partial charge is 0.0719 e. The topological polar surface area (TPSA) is 9.23 Å². The molecule has 0 bridgehead atoms. The molecule has 1 heteroatoms. The van der Waals surface area contributed by atoms with Gasteiger partial charge in [0, 0.05) is 7.11 Å². The predicted molar refractivity (Wildman–Crippen MR) is 34.8 cm³/mol. The molecule has 1 rings (SSSR count). The van der Waals surface area contributed by atoms with E-state index in [2.05, 4.69) is 12.1 Å². The third kappa shape index (κ3) is 1.75. The molecule has 0 fully saturated rings. The van der Waals surface area contributed by atoms with Gasteiger partial charge >= 0.3 is 0 Å². The van der Waals surface area contributed by atoms with Gasteiger partial charge in [0.1, 0.15) is 0 Å². The molecule has 0 aromatic heterocycles. The first-order chi connectivity index (χ1) is 4.43. The summed E-state index contributed by atoms with van der Waals surface area (Å²) in [6.45, 7) is 0.658. The molecule has 1 aromatic rings. The van der Waals surface area contributed by atoms with Gasteiger partial charge in [-0.3, -0.25) is 0 Å². The van der Waals surface area contributed by atoms with Crippen LogP contribution in [0.25, 0.3) is 0 Å². The van der Waals surface area contributed by atoms with E-state index in [9.17, 15) is 0 Å². The summed E-state index contributed by atoms with van der Waals surface area (Å²) in [5.74, 6) is 0. The molecule has 0 atom stereocenters. The van der Waals surface area contributed by atoms with Crippen LogP contribution in [0.15, 0.2) is 18.2 Å². The van der Waals surface area contributed by atoms with Crippen LogP contribution >= 0.6 is 0 Å². The second kappa shape index (κ2) is 3.11. The van der Waals surface area contributed by atoms with Crippen molar-refractivity contribution in [2.24, 2.45) is 0 Å². The summed E-state index contributed by atoms with van der Waals surface area (Å²) in [5, 5.41) is 0. The molecule has 0 saturated carbocycles. The van der Waals surface area contributed by atoms with E-state index in [0.29, 0.717) is 6.61 Å². The Morgan fingerprint density at radius 1 is 1.56 bits per heavy atom. The molecule has 0 aliphatic rings. The number of methoxy groups -OCH3 is 1. The normalized spacial score (nSPS) is 8.56. The van der Waals surface area contributed by atoms with Crippen LogP contribution in [0, 0.1) is 12.1 Å². The van der Waals surface area contributed by atoms with Crippen LogP contribution in [0.2, 0.25) is 0 Å². The van der Waals surface area contributed by atoms with Gasteiger partial charge in [-0.2, -0.15) is 0 Å². The van der Waals surface area contributed by atoms with E-state index < -0.39 is 0 Å². The molecule has 0 radical (unpaired) electrons. The number of hydrogen-bond acceptors (Lipinski definition) is 1. The average Bonchev–Trinajstić information content (AvgIpc) is 1.91. The lowest BCUT2D eigenvalue weighted by molar-refractivity contribution is 0.185. The standard InChI is InChI=1S/C8H8O/c1-9-7-8-5-3-2-4-6-8/h3,5-6H,7H2,1H3. The molecular weight excluding hydrogens is 112 g/mol. The lowest BCUT2D eigenvalue weighted by Gasteiger charge is -1.93. The highest BCUT2D eigenvalue weighted by Crippen LogP contribution is 1.94. The van der Waals surface area contributed by atoms with Crippen LogP contribution in [0.5, 0.6) is 0 Å². The molecule has 0 N–H and O–H groups in total. The van der Waals surface area contributed by atoms with Crippen LogP contribution in [-0.4, -0.2) is 7.11 Å². The molecular formula is C8H8O. The Morgan fingerprint density at radius 2 is 2.44 bits per heavy atom. The van der Waals surface area contributed by atoms with Crippen molar-refractivity contribution in [3.8, 4) is 0 Å². The molecule has 0 saturated heterocycles. The van der Waals surface area contributed by atoms with Crippen molar-refractivity contribution in [2.75, 3.05) is 7.11 Å². The lowest BCUT2D eigenvalue weighted by Crippen LogP contribution is -1.83. The molecule has 0 spiro atoms. The van der Waals surface area contributed by atoms with Gasteiger partial charge in [0.25, 0.3) is 0 Å². The Bertz CT molecular complexity index is 157. The minimum absolute atomic E-state index is 0.658. The molecule has 0 unspecified atom stereocenters. The Labute approximate surface area is 55.3 Å². The highest BCUT2D eigenvalue weighted by atomic mass is 16.5. The molecule has 0 aliphatic carbocycles. The Morgan fingerprint density at radius 3 is 3.00 bits per heavy atom. The van der Waals surface area contributed by atoms with Crippen LogP contribution in [0.1, 0.15) is 5.56 Å². The predicted octanol–water partition coefficient (Wildman–Crippen LogP) is 1.43. The zero-order valence-electron chi connectivity index (χ0n) is 5.35. The SMILES string of the molecule is COCc1cc#ccc1. The van der Waals surface area contributed by atoms with Crippen molar-refractivity contribution < 1.29 is 4.74 Å². The van der Waals surface area contributed by atoms with Gasteiger partial charge in [0.05, 0.1) is 6.61 Å². The van der Waals surface area contributed by atoms with Gasteiger partial charge < -0.3 is 4.74 Å². The van der Waals surface area contributed by atoms with E-state index in [0.717, 1.165) is 5.56 Å². The summed E-state index contributed by atoms with van der Waals surface area (Å²) < 4.78 is 4.89. The quantitative estimate of drug-likeness (QED) is 0.573. The summed E-state index contributed by atoms with van der Waals surface area (Å²) in [6, 6.07) is 11.3. The number of hydrogen-bond donors (Lipinski definition) is 0. The average molecular weight is 120 g/mol. The molecule has 1 nitrogen and oxygen atoms in total. The third-order valence-electron chi connectivity index (χ3n) is 1.03. The van der Waals surface area contributed by atoms with E-state index in [4.69, 9.17) is 4.74 Å². The molecule has 0 aliphatic heterocycles. The maximum absolute atomic E-state index is 4.89. The summed E-state index contributed by atoms with van der Waals surface area (Å²) >= 11 is 0. The van der Waals surface area contributed by atoms with Crippen molar-refractivity contribution in [1.82, 2.24) is 0 Å². The molecule has 0 heterocycles. The third-order valence-corrected chi connectivity index (χ3v) is 1.03. The maximum atomic E-state index is 4.89. The number of rotatable bonds is 2. The van der Waals surface area contributed by atoms with Gasteiger partial charge in [-0.25, -0.2) is 0 Å². The van der Waals surface area contributed by atoms with Crippen molar-refractivity contribution >= 4 is 0 Å². The van der Waals surface area contributed by atoms with Gasteiger partial charge in [0.15, 0.2) is 0 Å². The van der Waals surface area contributed by atoms with E-state index in [-0.39, 0.29) is 0 Å². The summed E-state index contributed by atoms with van der Waals surface area (Å²) in [5.41, 5.74) is 1.14. The summed E-state index contributed by atoms with van der Waals surface area (Å²) in [7, 11) is 1.68. The van der Waals surface area contributed by atoms with Crippen LogP contribution < -0.4 is 0 Å². The monoisotopic (exact) mass is 120 g/mol. The second-order valence-electron chi connectivity index (χ2n) is 1.77. The van der Waals surface area contributed by atoms with E-state index in [1.807, 2.05) is 18.2 Å². The van der Waals surface area contributed by atoms with Crippen molar-refractivity contribution in [2.45, 2.75) is 6.61 Å². The largest absolute Gasteiger partial charge is 0.380 e. The zero-order valence-corrected chi connectivity index (χ0v) is 5.35. The lowest BCUT2D eigenvalue weighted by atomic mass is 10.3. The molecule has 46 valence electrons. The van der Waals surface area contributed by atoms with Crippen molar-refractivity contribution in [1.29, 1.82) is 0 Å². The highest BCUT2D eigenvalue weighted by Gasteiger charge is 1.83. The molecule has 0 amide bonds. The summed E-state index contributed by atoms with van der Waals surface area (Å²) in [4.78, 5) is 0. The van der Waals surface area contributed by atoms with E-state index in [1.165, 1.54) is 0 Å². The van der Waals surface area contributed by atoms with Crippen molar-refractivity contribution in [3.05, 3.63) is 35.9 Å². The van der Waals surface area contributed by atoms with Crippen LogP contribution in [-0.2, 0) is 11.3 Å². The van der Waals surface area contributed by atoms with Gasteiger partial charge in [0.2, 0.25) is 0 Å². The maximum Gasteiger partial charge on any atom is 0.0719 e. The first-order valence-corrected chi connectivity index (χ1v) is 2.79. The number of ether oxygens (including phenoxy) is 1. The minimum Gasteiger partial charge on any atom is -0.380 e. The first-order valence-electron chi connectivity index (χ1n) is 2.79. The van der Waals surface area contributed by atoms with Crippen LogP contribution in [0.4, 0.5) is 0 Å². The van der Waals surface area contributed by atoms with Crippen molar-refractivity contribution in [3.63, 3.8) is 0 Å². The Hall–Kier alpha value is -1.00. The Kier molecular flexibility index (Phi) is 2.12. The highest BCUT2D eigenvalue weighted by molar-refractivity contribution is 5.08.